The van der Waals surface area contributed by atoms with Gasteiger partial charge in [0, 0.05) is 30.3 Å². The molecule has 1 fully saturated rings. The van der Waals surface area contributed by atoms with Gasteiger partial charge in [0.05, 0.1) is 5.69 Å². The van der Waals surface area contributed by atoms with Crippen molar-refractivity contribution in [1.82, 2.24) is 9.78 Å². The summed E-state index contributed by atoms with van der Waals surface area (Å²) in [5.74, 6) is -0.0705. The molecule has 0 atom stereocenters. The molecule has 0 unspecified atom stereocenters. The first-order valence-electron chi connectivity index (χ1n) is 7.77. The number of nitrogens with zero attached hydrogens (tertiary/aromatic N) is 2. The van der Waals surface area contributed by atoms with Crippen LogP contribution >= 0.6 is 0 Å². The van der Waals surface area contributed by atoms with Crippen molar-refractivity contribution < 1.29 is 9.59 Å². The van der Waals surface area contributed by atoms with E-state index < -0.39 is 0 Å². The van der Waals surface area contributed by atoms with E-state index in [1.165, 1.54) is 17.7 Å². The predicted octanol–water partition coefficient (Wildman–Crippen LogP) is 1.72. The molecule has 0 bridgehead atoms. The van der Waals surface area contributed by atoms with Crippen LogP contribution in [0.5, 0.6) is 0 Å². The number of amides is 2. The molecule has 7 heteroatoms. The Morgan fingerprint density at radius 2 is 1.71 bits per heavy atom. The van der Waals surface area contributed by atoms with Crippen LogP contribution in [-0.2, 0) is 16.1 Å². The monoisotopic (exact) mass is 326 g/mol. The summed E-state index contributed by atoms with van der Waals surface area (Å²) in [5.41, 5.74) is 1.80. The highest BCUT2D eigenvalue weighted by Gasteiger charge is 2.25. The van der Waals surface area contributed by atoms with E-state index in [0.717, 1.165) is 18.5 Å². The topological polar surface area (TPSA) is 93.1 Å². The number of anilines is 2. The Kier molecular flexibility index (Phi) is 4.41. The van der Waals surface area contributed by atoms with Gasteiger partial charge in [-0.1, -0.05) is 0 Å². The van der Waals surface area contributed by atoms with Crippen LogP contribution in [-0.4, -0.2) is 21.6 Å². The standard InChI is InChI=1S/C17H18N4O3/c1-11(22)18-13-4-6-14(7-5-13)19-16(23)10-21-17(24)9-8-15(20-21)12-2-3-12/h4-9,12H,2-3,10H2,1H3,(H,18,22)(H,19,23). The Balaban J connectivity index is 1.64. The van der Waals surface area contributed by atoms with Crippen LogP contribution in [0.1, 0.15) is 31.4 Å². The number of rotatable bonds is 5. The van der Waals surface area contributed by atoms with Gasteiger partial charge in [0.25, 0.3) is 5.56 Å². The van der Waals surface area contributed by atoms with Gasteiger partial charge in [0.2, 0.25) is 11.8 Å². The van der Waals surface area contributed by atoms with Crippen LogP contribution in [0, 0.1) is 0 Å². The van der Waals surface area contributed by atoms with Crippen molar-refractivity contribution in [1.29, 1.82) is 0 Å². The molecule has 1 aromatic heterocycles. The minimum Gasteiger partial charge on any atom is -0.326 e. The van der Waals surface area contributed by atoms with E-state index in [9.17, 15) is 14.4 Å². The maximum Gasteiger partial charge on any atom is 0.267 e. The molecule has 1 heterocycles. The van der Waals surface area contributed by atoms with Gasteiger partial charge in [0.15, 0.2) is 0 Å². The Bertz CT molecular complexity index is 822. The van der Waals surface area contributed by atoms with Crippen molar-refractivity contribution in [3.8, 4) is 0 Å². The number of hydrogen-bond acceptors (Lipinski definition) is 4. The third-order valence-corrected chi connectivity index (χ3v) is 3.67. The summed E-state index contributed by atoms with van der Waals surface area (Å²) < 4.78 is 1.19. The van der Waals surface area contributed by atoms with Crippen LogP contribution < -0.4 is 16.2 Å². The molecule has 2 aromatic rings. The fourth-order valence-electron chi connectivity index (χ4n) is 2.35. The zero-order valence-corrected chi connectivity index (χ0v) is 13.3. The lowest BCUT2D eigenvalue weighted by atomic mass is 10.2. The van der Waals surface area contributed by atoms with Gasteiger partial charge in [-0.05, 0) is 43.2 Å². The van der Waals surface area contributed by atoms with E-state index in [1.54, 1.807) is 30.3 Å². The van der Waals surface area contributed by atoms with Crippen LogP contribution in [0.25, 0.3) is 0 Å². The molecule has 0 spiro atoms. The summed E-state index contributed by atoms with van der Waals surface area (Å²) in [7, 11) is 0. The molecule has 2 N–H and O–H groups in total. The molecule has 1 saturated carbocycles. The van der Waals surface area contributed by atoms with Crippen molar-refractivity contribution in [2.75, 3.05) is 10.6 Å². The molecule has 0 aliphatic heterocycles. The molecule has 7 nitrogen and oxygen atoms in total. The van der Waals surface area contributed by atoms with Crippen LogP contribution in [0.3, 0.4) is 0 Å². The second-order valence-corrected chi connectivity index (χ2v) is 5.84. The average Bonchev–Trinajstić information content (AvgIpc) is 3.36. The van der Waals surface area contributed by atoms with Gasteiger partial charge >= 0.3 is 0 Å². The first-order valence-corrected chi connectivity index (χ1v) is 7.77. The Hall–Kier alpha value is -2.96. The van der Waals surface area contributed by atoms with E-state index in [4.69, 9.17) is 0 Å². The van der Waals surface area contributed by atoms with Crippen molar-refractivity contribution in [3.05, 3.63) is 52.4 Å². The Labute approximate surface area is 138 Å². The van der Waals surface area contributed by atoms with Gasteiger partial charge in [-0.3, -0.25) is 14.4 Å². The first-order chi connectivity index (χ1) is 11.5. The van der Waals surface area contributed by atoms with Gasteiger partial charge < -0.3 is 10.6 Å². The van der Waals surface area contributed by atoms with Crippen LogP contribution in [0.15, 0.2) is 41.2 Å². The number of aromatic nitrogens is 2. The molecule has 24 heavy (non-hydrogen) atoms. The molecule has 0 saturated heterocycles. The first kappa shape index (κ1) is 15.9. The molecule has 1 aliphatic carbocycles. The van der Waals surface area contributed by atoms with Crippen LogP contribution in [0.2, 0.25) is 0 Å². The van der Waals surface area contributed by atoms with Crippen LogP contribution in [0.4, 0.5) is 11.4 Å². The second-order valence-electron chi connectivity index (χ2n) is 5.84. The highest BCUT2D eigenvalue weighted by atomic mass is 16.2. The molecule has 1 aromatic carbocycles. The Morgan fingerprint density at radius 3 is 2.29 bits per heavy atom. The quantitative estimate of drug-likeness (QED) is 0.875. The molecule has 0 radical (unpaired) electrons. The normalized spacial score (nSPS) is 13.4. The van der Waals surface area contributed by atoms with E-state index in [2.05, 4.69) is 15.7 Å². The lowest BCUT2D eigenvalue weighted by Gasteiger charge is -2.09. The maximum absolute atomic E-state index is 12.1. The van der Waals surface area contributed by atoms with Crippen molar-refractivity contribution in [2.45, 2.75) is 32.2 Å². The third-order valence-electron chi connectivity index (χ3n) is 3.67. The predicted molar refractivity (Wildman–Crippen MR) is 89.8 cm³/mol. The number of carbonyl (C=O) groups excluding carboxylic acids is 2. The van der Waals surface area contributed by atoms with E-state index in [1.807, 2.05) is 0 Å². The van der Waals surface area contributed by atoms with Gasteiger partial charge in [-0.2, -0.15) is 5.10 Å². The minimum absolute atomic E-state index is 0.132. The zero-order chi connectivity index (χ0) is 17.1. The molecular weight excluding hydrogens is 308 g/mol. The van der Waals surface area contributed by atoms with Gasteiger partial charge in [0.1, 0.15) is 6.54 Å². The molecule has 1 aliphatic rings. The number of hydrogen-bond donors (Lipinski definition) is 2. The molecular formula is C17H18N4O3. The summed E-state index contributed by atoms with van der Waals surface area (Å²) in [4.78, 5) is 34.9. The second kappa shape index (κ2) is 6.66. The summed E-state index contributed by atoms with van der Waals surface area (Å²) in [5, 5.41) is 9.62. The lowest BCUT2D eigenvalue weighted by Crippen LogP contribution is -2.29. The summed E-state index contributed by atoms with van der Waals surface area (Å²) >= 11 is 0. The Morgan fingerprint density at radius 1 is 1.08 bits per heavy atom. The minimum atomic E-state index is -0.329. The molecule has 3 rings (SSSR count). The van der Waals surface area contributed by atoms with Crippen molar-refractivity contribution >= 4 is 23.2 Å². The number of carbonyl (C=O) groups is 2. The molecule has 2 amide bonds. The fourth-order valence-corrected chi connectivity index (χ4v) is 2.35. The molecule has 124 valence electrons. The number of nitrogens with one attached hydrogen (secondary N) is 2. The van der Waals surface area contributed by atoms with Crippen molar-refractivity contribution in [2.24, 2.45) is 0 Å². The van der Waals surface area contributed by atoms with E-state index in [0.29, 0.717) is 17.3 Å². The zero-order valence-electron chi connectivity index (χ0n) is 13.3. The number of benzene rings is 1. The average molecular weight is 326 g/mol. The highest BCUT2D eigenvalue weighted by Crippen LogP contribution is 2.38. The summed E-state index contributed by atoms with van der Waals surface area (Å²) in [6.45, 7) is 1.29. The van der Waals surface area contributed by atoms with Crippen molar-refractivity contribution in [3.63, 3.8) is 0 Å². The smallest absolute Gasteiger partial charge is 0.267 e. The third kappa shape index (κ3) is 4.07. The largest absolute Gasteiger partial charge is 0.326 e. The van der Waals surface area contributed by atoms with Gasteiger partial charge in [-0.25, -0.2) is 4.68 Å². The fraction of sp³-hybridized carbons (Fsp3) is 0.294. The summed E-state index contributed by atoms with van der Waals surface area (Å²) in [6.07, 6.45) is 2.16. The van der Waals surface area contributed by atoms with E-state index in [-0.39, 0.29) is 23.9 Å². The van der Waals surface area contributed by atoms with E-state index >= 15 is 0 Å². The summed E-state index contributed by atoms with van der Waals surface area (Å²) in [6, 6.07) is 9.93. The lowest BCUT2D eigenvalue weighted by molar-refractivity contribution is -0.117. The SMILES string of the molecule is CC(=O)Nc1ccc(NC(=O)Cn2nc(C3CC3)ccc2=O)cc1. The maximum atomic E-state index is 12.1. The highest BCUT2D eigenvalue weighted by molar-refractivity contribution is 5.92. The van der Waals surface area contributed by atoms with Gasteiger partial charge in [-0.15, -0.1) is 0 Å².